The van der Waals surface area contributed by atoms with Crippen molar-refractivity contribution in [1.82, 2.24) is 9.80 Å². The maximum atomic E-state index is 13.8. The summed E-state index contributed by atoms with van der Waals surface area (Å²) in [6.07, 6.45) is 2.20. The average Bonchev–Trinajstić information content (AvgIpc) is 2.76. The molecule has 1 aromatic rings. The monoisotopic (exact) mass is 515 g/mol. The zero-order chi connectivity index (χ0) is 26.6. The Morgan fingerprint density at radius 1 is 1.17 bits per heavy atom. The Balaban J connectivity index is 1.78. The van der Waals surface area contributed by atoms with Crippen LogP contribution in [0.3, 0.4) is 0 Å². The number of primary amides is 1. The van der Waals surface area contributed by atoms with E-state index in [0.717, 1.165) is 0 Å². The largest absolute Gasteiger partial charge is 0.507 e. The zero-order valence-corrected chi connectivity index (χ0v) is 21.2. The van der Waals surface area contributed by atoms with E-state index in [1.54, 1.807) is 31.1 Å². The summed E-state index contributed by atoms with van der Waals surface area (Å²) in [6, 6.07) is 0.766. The van der Waals surface area contributed by atoms with E-state index < -0.39 is 64.7 Å². The minimum atomic E-state index is -1.72. The molecule has 1 amide bonds. The van der Waals surface area contributed by atoms with Crippen molar-refractivity contribution in [3.05, 3.63) is 40.4 Å². The highest BCUT2D eigenvalue weighted by Gasteiger charge is 2.61. The number of hydrogen-bond donors (Lipinski definition) is 2. The molecule has 0 saturated heterocycles. The van der Waals surface area contributed by atoms with E-state index >= 15 is 0 Å². The minimum Gasteiger partial charge on any atom is -0.507 e. The average molecular weight is 516 g/mol. The summed E-state index contributed by atoms with van der Waals surface area (Å²) in [5.41, 5.74) is 6.29. The van der Waals surface area contributed by atoms with Crippen LogP contribution in [-0.4, -0.2) is 77.7 Å². The summed E-state index contributed by atoms with van der Waals surface area (Å²) in [4.78, 5) is 69.3. The highest BCUT2D eigenvalue weighted by atomic mass is 35.5. The first-order chi connectivity index (χ1) is 16.9. The predicted octanol–water partition coefficient (Wildman–Crippen LogP) is 1.02. The molecular formula is C26H30ClN3O6. The smallest absolute Gasteiger partial charge is 0.235 e. The zero-order valence-electron chi connectivity index (χ0n) is 20.5. The van der Waals surface area contributed by atoms with Gasteiger partial charge in [-0.1, -0.05) is 17.7 Å². The van der Waals surface area contributed by atoms with Crippen LogP contribution in [-0.2, 0) is 32.1 Å². The van der Waals surface area contributed by atoms with Gasteiger partial charge in [0.15, 0.2) is 29.1 Å². The molecule has 0 spiro atoms. The van der Waals surface area contributed by atoms with Gasteiger partial charge in [0.25, 0.3) is 0 Å². The van der Waals surface area contributed by atoms with Gasteiger partial charge in [-0.15, -0.1) is 6.58 Å². The van der Waals surface area contributed by atoms with Gasteiger partial charge < -0.3 is 10.8 Å². The molecule has 1 aromatic carbocycles. The summed E-state index contributed by atoms with van der Waals surface area (Å²) in [6.45, 7) is 4.54. The number of phenolic OH excluding ortho intramolecular Hbond substituents is 1. The summed E-state index contributed by atoms with van der Waals surface area (Å²) in [5.74, 6) is -9.33. The van der Waals surface area contributed by atoms with E-state index in [1.165, 1.54) is 0 Å². The Morgan fingerprint density at radius 3 is 2.42 bits per heavy atom. The van der Waals surface area contributed by atoms with Crippen LogP contribution >= 0.6 is 11.6 Å². The van der Waals surface area contributed by atoms with Gasteiger partial charge in [0.2, 0.25) is 5.91 Å². The fraction of sp³-hybridized carbons (Fsp3) is 0.500. The molecule has 0 aromatic heterocycles. The van der Waals surface area contributed by atoms with E-state index in [2.05, 4.69) is 6.58 Å². The van der Waals surface area contributed by atoms with Crippen LogP contribution in [0.25, 0.3) is 0 Å². The van der Waals surface area contributed by atoms with Crippen LogP contribution < -0.4 is 5.73 Å². The van der Waals surface area contributed by atoms with Crippen molar-refractivity contribution in [2.24, 2.45) is 35.3 Å². The number of nitrogens with two attached hydrogens (primary N) is 1. The SMILES string of the molecule is C=CCN(C)Cc1cc(Cl)c2c(c1O)C(=O)C1C(=O)C3C(=O)C(C(N)=O)C(=O)[C@H](N(C)C)C3CC1C2. The number of ketones is 4. The number of nitrogens with zero attached hydrogens (tertiary/aromatic N) is 2. The topological polar surface area (TPSA) is 138 Å². The van der Waals surface area contributed by atoms with Crippen LogP contribution in [0.2, 0.25) is 5.02 Å². The van der Waals surface area contributed by atoms with Gasteiger partial charge in [-0.25, -0.2) is 0 Å². The number of hydrogen-bond acceptors (Lipinski definition) is 8. The Hall–Kier alpha value is -2.88. The molecule has 0 aliphatic heterocycles. The van der Waals surface area contributed by atoms with E-state index in [0.29, 0.717) is 29.2 Å². The van der Waals surface area contributed by atoms with Crippen molar-refractivity contribution < 1.29 is 29.1 Å². The number of halogens is 1. The Labute approximate surface area is 214 Å². The molecular weight excluding hydrogens is 486 g/mol. The van der Waals surface area contributed by atoms with E-state index in [1.807, 2.05) is 11.9 Å². The van der Waals surface area contributed by atoms with Crippen molar-refractivity contribution in [3.63, 3.8) is 0 Å². The molecule has 0 bridgehead atoms. The molecule has 5 unspecified atom stereocenters. The second kappa shape index (κ2) is 9.53. The number of fused-ring (bicyclic) bond motifs is 3. The normalized spacial score (nSPS) is 29.7. The highest BCUT2D eigenvalue weighted by molar-refractivity contribution is 6.33. The number of carbonyl (C=O) groups is 5. The van der Waals surface area contributed by atoms with Crippen molar-refractivity contribution in [2.45, 2.75) is 25.4 Å². The third kappa shape index (κ3) is 3.99. The van der Waals surface area contributed by atoms with Crippen molar-refractivity contribution >= 4 is 40.6 Å². The number of carbonyl (C=O) groups excluding carboxylic acids is 5. The summed E-state index contributed by atoms with van der Waals surface area (Å²) in [7, 11) is 5.11. The van der Waals surface area contributed by atoms with Gasteiger partial charge in [0.05, 0.1) is 23.4 Å². The molecule has 36 heavy (non-hydrogen) atoms. The molecule has 3 aliphatic carbocycles. The van der Waals surface area contributed by atoms with E-state index in [-0.39, 0.29) is 24.2 Å². The number of aromatic hydroxyl groups is 1. The second-order valence-electron chi connectivity index (χ2n) is 10.3. The molecule has 0 radical (unpaired) electrons. The first-order valence-electron chi connectivity index (χ1n) is 11.8. The van der Waals surface area contributed by atoms with Crippen LogP contribution in [0.15, 0.2) is 18.7 Å². The predicted molar refractivity (Wildman–Crippen MR) is 131 cm³/mol. The van der Waals surface area contributed by atoms with Gasteiger partial charge in [-0.3, -0.25) is 33.8 Å². The Bertz CT molecular complexity index is 1190. The minimum absolute atomic E-state index is 0.00694. The summed E-state index contributed by atoms with van der Waals surface area (Å²) < 4.78 is 0. The standard InChI is InChI=1S/C26H30ClN3O6/c1-5-6-30(4)10-12-9-15(27)13-7-11-8-14-18(23(33)16(11)22(32)17(13)21(12)31)24(34)19(26(28)36)25(35)20(14)29(2)3/h5,9,11,14,16,18-20,31H,1,6-8,10H2,2-4H3,(H2,28,36)/t11?,14?,16?,18?,19?,20-/m1/s1. The first kappa shape index (κ1) is 26.2. The molecule has 0 heterocycles. The van der Waals surface area contributed by atoms with Crippen LogP contribution in [0.5, 0.6) is 5.75 Å². The van der Waals surface area contributed by atoms with Gasteiger partial charge >= 0.3 is 0 Å². The fourth-order valence-electron chi connectivity index (χ4n) is 6.39. The van der Waals surface area contributed by atoms with Gasteiger partial charge in [0, 0.05) is 23.7 Å². The van der Waals surface area contributed by atoms with Gasteiger partial charge in [-0.05, 0) is 57.5 Å². The third-order valence-corrected chi connectivity index (χ3v) is 8.15. The lowest BCUT2D eigenvalue weighted by Crippen LogP contribution is -2.64. The summed E-state index contributed by atoms with van der Waals surface area (Å²) >= 11 is 6.57. The Morgan fingerprint density at radius 2 is 1.83 bits per heavy atom. The van der Waals surface area contributed by atoms with Gasteiger partial charge in [-0.2, -0.15) is 0 Å². The molecule has 192 valence electrons. The fourth-order valence-corrected chi connectivity index (χ4v) is 6.70. The van der Waals surface area contributed by atoms with Crippen LogP contribution in [0.4, 0.5) is 0 Å². The first-order valence-corrected chi connectivity index (χ1v) is 12.2. The van der Waals surface area contributed by atoms with Crippen molar-refractivity contribution in [1.29, 1.82) is 0 Å². The van der Waals surface area contributed by atoms with E-state index in [4.69, 9.17) is 17.3 Å². The van der Waals surface area contributed by atoms with Gasteiger partial charge in [0.1, 0.15) is 5.75 Å². The Kier molecular flexibility index (Phi) is 6.94. The third-order valence-electron chi connectivity index (χ3n) is 7.81. The van der Waals surface area contributed by atoms with Crippen molar-refractivity contribution in [3.8, 4) is 5.75 Å². The second-order valence-corrected chi connectivity index (χ2v) is 10.7. The molecule has 10 heteroatoms. The molecule has 9 nitrogen and oxygen atoms in total. The molecule has 2 saturated carbocycles. The molecule has 4 rings (SSSR count). The van der Waals surface area contributed by atoms with E-state index in [9.17, 15) is 29.1 Å². The maximum absolute atomic E-state index is 13.8. The van der Waals surface area contributed by atoms with Crippen LogP contribution in [0, 0.1) is 29.6 Å². The quantitative estimate of drug-likeness (QED) is 0.423. The molecule has 6 atom stereocenters. The number of likely N-dealkylation sites (N-methyl/N-ethyl adjacent to an activating group) is 2. The van der Waals surface area contributed by atoms with Crippen LogP contribution in [0.1, 0.15) is 27.9 Å². The molecule has 2 fully saturated rings. The summed E-state index contributed by atoms with van der Waals surface area (Å²) in [5, 5.41) is 11.4. The lowest BCUT2D eigenvalue weighted by molar-refractivity contribution is -0.157. The molecule has 3 N–H and O–H groups in total. The lowest BCUT2D eigenvalue weighted by Gasteiger charge is -2.48. The number of phenols is 1. The molecule has 3 aliphatic rings. The number of benzene rings is 1. The highest BCUT2D eigenvalue weighted by Crippen LogP contribution is 2.50. The van der Waals surface area contributed by atoms with Crippen molar-refractivity contribution in [2.75, 3.05) is 27.7 Å². The maximum Gasteiger partial charge on any atom is 0.235 e. The number of Topliss-reactive ketones (excluding diaryl/α,β-unsaturated/α-hetero) is 4. The number of rotatable bonds is 6. The number of amides is 1. The lowest BCUT2D eigenvalue weighted by atomic mass is 9.54.